The number of amides is 1. The van der Waals surface area contributed by atoms with Gasteiger partial charge in [0.2, 0.25) is 0 Å². The molecule has 0 saturated carbocycles. The molecule has 0 bridgehead atoms. The highest BCUT2D eigenvalue weighted by Gasteiger charge is 2.21. The number of nitrogens with one attached hydrogen (secondary N) is 1. The molecule has 0 aliphatic rings. The Bertz CT molecular complexity index is 544. The summed E-state index contributed by atoms with van der Waals surface area (Å²) in [6.07, 6.45) is 0.140. The number of carbonyl (C=O) groups is 2. The summed E-state index contributed by atoms with van der Waals surface area (Å²) in [4.78, 5) is 23.2. The molecule has 0 unspecified atom stereocenters. The van der Waals surface area contributed by atoms with Gasteiger partial charge in [-0.15, -0.1) is 0 Å². The zero-order chi connectivity index (χ0) is 16.2. The highest BCUT2D eigenvalue weighted by Crippen LogP contribution is 2.22. The highest BCUT2D eigenvalue weighted by atomic mass is 79.9. The summed E-state index contributed by atoms with van der Waals surface area (Å²) in [5.41, 5.74) is 1.56. The van der Waals surface area contributed by atoms with Gasteiger partial charge in [0, 0.05) is 12.0 Å². The topological polar surface area (TPSA) is 66.4 Å². The van der Waals surface area contributed by atoms with E-state index in [-0.39, 0.29) is 11.8 Å². The van der Waals surface area contributed by atoms with Gasteiger partial charge in [0.1, 0.15) is 6.04 Å². The van der Waals surface area contributed by atoms with Crippen LogP contribution in [-0.2, 0) is 10.2 Å². The van der Waals surface area contributed by atoms with Crippen LogP contribution in [0.4, 0.5) is 0 Å². The minimum absolute atomic E-state index is 0.00626. The first-order valence-corrected chi connectivity index (χ1v) is 7.38. The van der Waals surface area contributed by atoms with Crippen molar-refractivity contribution in [3.8, 4) is 0 Å². The third-order valence-electron chi connectivity index (χ3n) is 3.04. The summed E-state index contributed by atoms with van der Waals surface area (Å²) >= 11 is 3.11. The van der Waals surface area contributed by atoms with Crippen LogP contribution in [-0.4, -0.2) is 23.0 Å². The molecule has 1 aromatic rings. The average molecular weight is 354 g/mol. The number of halogens is 1. The summed E-state index contributed by atoms with van der Waals surface area (Å²) < 4.78 is 0.526. The lowest BCUT2D eigenvalue weighted by Gasteiger charge is -2.19. The van der Waals surface area contributed by atoms with E-state index in [1.54, 1.807) is 12.1 Å². The molecule has 4 nitrogen and oxygen atoms in total. The second-order valence-corrected chi connectivity index (χ2v) is 7.03. The zero-order valence-electron chi connectivity index (χ0n) is 12.4. The Morgan fingerprint density at radius 3 is 2.19 bits per heavy atom. The highest BCUT2D eigenvalue weighted by molar-refractivity contribution is 9.11. The number of carboxylic acids is 1. The van der Waals surface area contributed by atoms with Gasteiger partial charge in [0.25, 0.3) is 5.91 Å². The molecule has 0 radical (unpaired) electrons. The molecule has 0 saturated heterocycles. The van der Waals surface area contributed by atoms with Crippen molar-refractivity contribution in [1.82, 2.24) is 5.32 Å². The fourth-order valence-electron chi connectivity index (χ4n) is 1.78. The van der Waals surface area contributed by atoms with Crippen molar-refractivity contribution in [3.05, 3.63) is 46.5 Å². The number of rotatable bonds is 5. The van der Waals surface area contributed by atoms with E-state index >= 15 is 0 Å². The van der Waals surface area contributed by atoms with Crippen molar-refractivity contribution in [2.75, 3.05) is 0 Å². The van der Waals surface area contributed by atoms with Gasteiger partial charge in [-0.2, -0.15) is 0 Å². The van der Waals surface area contributed by atoms with Crippen LogP contribution in [0.15, 0.2) is 35.3 Å². The molecule has 0 aromatic heterocycles. The van der Waals surface area contributed by atoms with Crippen LogP contribution < -0.4 is 5.32 Å². The molecule has 0 heterocycles. The fraction of sp³-hybridized carbons (Fsp3) is 0.375. The molecular formula is C16H20BrNO3. The van der Waals surface area contributed by atoms with Gasteiger partial charge in [-0.1, -0.05) is 55.4 Å². The van der Waals surface area contributed by atoms with Crippen molar-refractivity contribution < 1.29 is 14.7 Å². The van der Waals surface area contributed by atoms with Crippen molar-refractivity contribution in [1.29, 1.82) is 0 Å². The van der Waals surface area contributed by atoms with E-state index in [9.17, 15) is 9.59 Å². The minimum atomic E-state index is -1.09. The van der Waals surface area contributed by atoms with Gasteiger partial charge < -0.3 is 10.4 Å². The van der Waals surface area contributed by atoms with Gasteiger partial charge in [0.15, 0.2) is 0 Å². The Hall–Kier alpha value is -1.62. The predicted octanol–water partition coefficient (Wildman–Crippen LogP) is 3.47. The third-order valence-corrected chi connectivity index (χ3v) is 3.37. The first kappa shape index (κ1) is 17.4. The molecule has 1 aromatic carbocycles. The fourth-order valence-corrected chi connectivity index (χ4v) is 2.11. The van der Waals surface area contributed by atoms with Crippen molar-refractivity contribution in [2.45, 2.75) is 38.6 Å². The van der Waals surface area contributed by atoms with Gasteiger partial charge in [-0.25, -0.2) is 4.79 Å². The van der Waals surface area contributed by atoms with Crippen molar-refractivity contribution in [2.24, 2.45) is 0 Å². The molecule has 0 spiro atoms. The molecular weight excluding hydrogens is 334 g/mol. The average Bonchev–Trinajstić information content (AvgIpc) is 2.36. The molecule has 1 atom stereocenters. The second kappa shape index (κ2) is 6.89. The molecule has 1 rings (SSSR count). The largest absolute Gasteiger partial charge is 0.480 e. The van der Waals surface area contributed by atoms with Gasteiger partial charge in [-0.05, 0) is 27.6 Å². The van der Waals surface area contributed by atoms with Crippen LogP contribution in [0, 0.1) is 0 Å². The molecule has 0 fully saturated rings. The minimum Gasteiger partial charge on any atom is -0.480 e. The Kier molecular flexibility index (Phi) is 5.72. The Morgan fingerprint density at radius 1 is 1.29 bits per heavy atom. The lowest BCUT2D eigenvalue weighted by atomic mass is 9.86. The van der Waals surface area contributed by atoms with Crippen LogP contribution in [0.1, 0.15) is 43.1 Å². The van der Waals surface area contributed by atoms with E-state index < -0.39 is 17.9 Å². The number of hydrogen-bond donors (Lipinski definition) is 2. The maximum atomic E-state index is 12.1. The normalized spacial score (nSPS) is 12.6. The quantitative estimate of drug-likeness (QED) is 0.851. The number of benzene rings is 1. The van der Waals surface area contributed by atoms with Crippen molar-refractivity contribution in [3.63, 3.8) is 0 Å². The van der Waals surface area contributed by atoms with E-state index in [1.807, 2.05) is 12.1 Å². The summed E-state index contributed by atoms with van der Waals surface area (Å²) in [5, 5.41) is 11.6. The molecule has 0 aliphatic heterocycles. The van der Waals surface area contributed by atoms with E-state index in [0.29, 0.717) is 10.0 Å². The lowest BCUT2D eigenvalue weighted by Crippen LogP contribution is -2.40. The van der Waals surface area contributed by atoms with Crippen LogP contribution in [0.5, 0.6) is 0 Å². The summed E-state index contributed by atoms with van der Waals surface area (Å²) in [6, 6.07) is 6.18. The number of carbonyl (C=O) groups excluding carboxylic acids is 1. The van der Waals surface area contributed by atoms with Crippen LogP contribution in [0.3, 0.4) is 0 Å². The van der Waals surface area contributed by atoms with E-state index in [4.69, 9.17) is 5.11 Å². The predicted molar refractivity (Wildman–Crippen MR) is 86.7 cm³/mol. The Morgan fingerprint density at radius 2 is 1.81 bits per heavy atom. The monoisotopic (exact) mass is 353 g/mol. The molecule has 114 valence electrons. The number of hydrogen-bond acceptors (Lipinski definition) is 2. The number of aliphatic carboxylic acids is 1. The summed E-state index contributed by atoms with van der Waals surface area (Å²) in [6.45, 7) is 9.86. The van der Waals surface area contributed by atoms with Gasteiger partial charge in [0.05, 0.1) is 0 Å². The summed E-state index contributed by atoms with van der Waals surface area (Å²) in [5.74, 6) is -1.49. The third kappa shape index (κ3) is 5.34. The smallest absolute Gasteiger partial charge is 0.326 e. The van der Waals surface area contributed by atoms with Gasteiger partial charge in [-0.3, -0.25) is 4.79 Å². The first-order valence-electron chi connectivity index (χ1n) is 6.58. The maximum absolute atomic E-state index is 12.1. The van der Waals surface area contributed by atoms with Crippen LogP contribution in [0.25, 0.3) is 0 Å². The SMILES string of the molecule is C=C(Br)C[C@H](NC(=O)c1ccc(C(C)(C)C)cc1)C(=O)O. The molecule has 2 N–H and O–H groups in total. The maximum Gasteiger partial charge on any atom is 0.326 e. The Balaban J connectivity index is 2.83. The Labute approximate surface area is 133 Å². The molecule has 1 amide bonds. The standard InChI is InChI=1S/C16H20BrNO3/c1-10(17)9-13(15(20)21)18-14(19)11-5-7-12(8-6-11)16(2,3)4/h5-8,13H,1,9H2,2-4H3,(H,18,19)(H,20,21)/t13-/m0/s1. The van der Waals surface area contributed by atoms with Crippen molar-refractivity contribution >= 4 is 27.8 Å². The summed E-state index contributed by atoms with van der Waals surface area (Å²) in [7, 11) is 0. The lowest BCUT2D eigenvalue weighted by molar-refractivity contribution is -0.139. The first-order chi connectivity index (χ1) is 9.61. The zero-order valence-corrected chi connectivity index (χ0v) is 14.0. The number of carboxylic acid groups (broad SMARTS) is 1. The van der Waals surface area contributed by atoms with E-state index in [2.05, 4.69) is 48.6 Å². The molecule has 5 heteroatoms. The molecule has 0 aliphatic carbocycles. The second-order valence-electron chi connectivity index (χ2n) is 5.91. The van der Waals surface area contributed by atoms with Gasteiger partial charge >= 0.3 is 5.97 Å². The van der Waals surface area contributed by atoms with E-state index in [1.165, 1.54) is 0 Å². The van der Waals surface area contributed by atoms with Crippen LogP contribution >= 0.6 is 15.9 Å². The molecule has 21 heavy (non-hydrogen) atoms. The van der Waals surface area contributed by atoms with E-state index in [0.717, 1.165) is 5.56 Å². The van der Waals surface area contributed by atoms with Crippen LogP contribution in [0.2, 0.25) is 0 Å².